The van der Waals surface area contributed by atoms with Gasteiger partial charge in [-0.15, -0.1) is 11.3 Å². The highest BCUT2D eigenvalue weighted by atomic mass is 32.2. The van der Waals surface area contributed by atoms with Gasteiger partial charge in [-0.2, -0.15) is 4.98 Å². The number of hydrogen-bond donors (Lipinski definition) is 3. The minimum absolute atomic E-state index is 0.0185. The smallest absolute Gasteiger partial charge is 0.223 e. The highest BCUT2D eigenvalue weighted by molar-refractivity contribution is 7.89. The van der Waals surface area contributed by atoms with Crippen molar-refractivity contribution in [3.05, 3.63) is 10.9 Å². The van der Waals surface area contributed by atoms with E-state index in [2.05, 4.69) is 20.0 Å². The van der Waals surface area contributed by atoms with Crippen LogP contribution in [-0.2, 0) is 10.0 Å². The van der Waals surface area contributed by atoms with Crippen molar-refractivity contribution in [1.29, 1.82) is 0 Å². The van der Waals surface area contributed by atoms with Crippen LogP contribution in [0.25, 0.3) is 10.2 Å². The molecule has 0 aliphatic heterocycles. The normalized spacial score (nSPS) is 11.9. The SMILES string of the molecule is CCNS(=O)(=O)CCNc1nc(N)nc2sc(C)cc12. The van der Waals surface area contributed by atoms with Gasteiger partial charge in [-0.3, -0.25) is 0 Å². The van der Waals surface area contributed by atoms with Gasteiger partial charge in [0.05, 0.1) is 11.1 Å². The third-order valence-corrected chi connectivity index (χ3v) is 4.98. The summed E-state index contributed by atoms with van der Waals surface area (Å²) in [6.45, 7) is 4.36. The first kappa shape index (κ1) is 14.9. The number of fused-ring (bicyclic) bond motifs is 1. The lowest BCUT2D eigenvalue weighted by Gasteiger charge is -2.08. The van der Waals surface area contributed by atoms with Gasteiger partial charge in [-0.1, -0.05) is 6.92 Å². The molecule has 7 nitrogen and oxygen atoms in total. The summed E-state index contributed by atoms with van der Waals surface area (Å²) in [5, 5.41) is 3.88. The van der Waals surface area contributed by atoms with Crippen molar-refractivity contribution in [3.63, 3.8) is 0 Å². The molecule has 0 amide bonds. The Hall–Kier alpha value is -1.45. The zero-order valence-corrected chi connectivity index (χ0v) is 12.9. The predicted octanol–water partition coefficient (Wildman–Crippen LogP) is 0.933. The van der Waals surface area contributed by atoms with Crippen LogP contribution in [0.4, 0.5) is 11.8 Å². The summed E-state index contributed by atoms with van der Waals surface area (Å²) < 4.78 is 25.5. The van der Waals surface area contributed by atoms with Crippen LogP contribution in [-0.4, -0.2) is 37.2 Å². The predicted molar refractivity (Wildman–Crippen MR) is 82.5 cm³/mol. The van der Waals surface area contributed by atoms with E-state index in [0.29, 0.717) is 12.4 Å². The number of thiophene rings is 1. The largest absolute Gasteiger partial charge is 0.368 e. The van der Waals surface area contributed by atoms with Crippen LogP contribution < -0.4 is 15.8 Å². The van der Waals surface area contributed by atoms with E-state index in [0.717, 1.165) is 15.1 Å². The number of aromatic nitrogens is 2. The molecule has 9 heteroatoms. The lowest BCUT2D eigenvalue weighted by atomic mass is 10.3. The van der Waals surface area contributed by atoms with Gasteiger partial charge < -0.3 is 11.1 Å². The molecule has 0 bridgehead atoms. The molecule has 20 heavy (non-hydrogen) atoms. The van der Waals surface area contributed by atoms with E-state index in [1.807, 2.05) is 13.0 Å². The molecule has 4 N–H and O–H groups in total. The molecular weight excluding hydrogens is 298 g/mol. The molecule has 0 radical (unpaired) electrons. The summed E-state index contributed by atoms with van der Waals surface area (Å²) in [6, 6.07) is 1.96. The molecular formula is C11H17N5O2S2. The molecule has 0 spiro atoms. The van der Waals surface area contributed by atoms with E-state index in [9.17, 15) is 8.42 Å². The van der Waals surface area contributed by atoms with Gasteiger partial charge >= 0.3 is 0 Å². The van der Waals surface area contributed by atoms with Crippen LogP contribution in [0.15, 0.2) is 6.07 Å². The van der Waals surface area contributed by atoms with Crippen molar-refractivity contribution < 1.29 is 8.42 Å². The topological polar surface area (TPSA) is 110 Å². The Kier molecular flexibility index (Phi) is 4.41. The van der Waals surface area contributed by atoms with Gasteiger partial charge in [0.1, 0.15) is 10.6 Å². The maximum atomic E-state index is 11.5. The number of hydrogen-bond acceptors (Lipinski definition) is 7. The first-order valence-corrected chi connectivity index (χ1v) is 8.63. The fourth-order valence-electron chi connectivity index (χ4n) is 1.79. The Balaban J connectivity index is 2.14. The number of rotatable bonds is 6. The molecule has 0 unspecified atom stereocenters. The van der Waals surface area contributed by atoms with Gasteiger partial charge in [0.25, 0.3) is 0 Å². The lowest BCUT2D eigenvalue weighted by molar-refractivity contribution is 0.584. The Morgan fingerprint density at radius 3 is 2.85 bits per heavy atom. The maximum absolute atomic E-state index is 11.5. The lowest BCUT2D eigenvalue weighted by Crippen LogP contribution is -2.29. The molecule has 110 valence electrons. The van der Waals surface area contributed by atoms with Crippen molar-refractivity contribution in [1.82, 2.24) is 14.7 Å². The van der Waals surface area contributed by atoms with E-state index in [1.54, 1.807) is 6.92 Å². The van der Waals surface area contributed by atoms with Crippen molar-refractivity contribution in [2.45, 2.75) is 13.8 Å². The van der Waals surface area contributed by atoms with E-state index in [1.165, 1.54) is 11.3 Å². The van der Waals surface area contributed by atoms with E-state index >= 15 is 0 Å². The Morgan fingerprint density at radius 1 is 1.40 bits per heavy atom. The summed E-state index contributed by atoms with van der Waals surface area (Å²) in [6.07, 6.45) is 0. The molecule has 0 aromatic carbocycles. The molecule has 2 aromatic heterocycles. The van der Waals surface area contributed by atoms with Crippen molar-refractivity contribution in [2.24, 2.45) is 0 Å². The Bertz CT molecular complexity index is 711. The monoisotopic (exact) mass is 315 g/mol. The minimum atomic E-state index is -3.24. The second kappa shape index (κ2) is 5.90. The van der Waals surface area contributed by atoms with Gasteiger partial charge in [0.15, 0.2) is 0 Å². The quantitative estimate of drug-likeness (QED) is 0.731. The summed E-state index contributed by atoms with van der Waals surface area (Å²) in [7, 11) is -3.24. The zero-order valence-electron chi connectivity index (χ0n) is 11.3. The molecule has 0 fully saturated rings. The molecule has 0 saturated heterocycles. The number of anilines is 2. The molecule has 0 aliphatic carbocycles. The first-order chi connectivity index (χ1) is 9.41. The highest BCUT2D eigenvalue weighted by Gasteiger charge is 2.11. The molecule has 2 rings (SSSR count). The minimum Gasteiger partial charge on any atom is -0.368 e. The van der Waals surface area contributed by atoms with Crippen LogP contribution in [0.5, 0.6) is 0 Å². The third kappa shape index (κ3) is 3.56. The number of aryl methyl sites for hydroxylation is 1. The van der Waals surface area contributed by atoms with Crippen molar-refractivity contribution >= 4 is 43.3 Å². The number of sulfonamides is 1. The fourth-order valence-corrected chi connectivity index (χ4v) is 3.63. The fraction of sp³-hybridized carbons (Fsp3) is 0.455. The molecule has 2 heterocycles. The van der Waals surface area contributed by atoms with Crippen LogP contribution in [0.3, 0.4) is 0 Å². The van der Waals surface area contributed by atoms with E-state index < -0.39 is 10.0 Å². The summed E-state index contributed by atoms with van der Waals surface area (Å²) in [5.41, 5.74) is 5.65. The highest BCUT2D eigenvalue weighted by Crippen LogP contribution is 2.28. The van der Waals surface area contributed by atoms with Crippen LogP contribution >= 0.6 is 11.3 Å². The average molecular weight is 315 g/mol. The van der Waals surface area contributed by atoms with Gasteiger partial charge in [-0.05, 0) is 13.0 Å². The molecule has 0 aliphatic rings. The number of nitrogens with zero attached hydrogens (tertiary/aromatic N) is 2. The van der Waals surface area contributed by atoms with Crippen molar-refractivity contribution in [2.75, 3.05) is 29.9 Å². The zero-order chi connectivity index (χ0) is 14.8. The van der Waals surface area contributed by atoms with Gasteiger partial charge in [-0.25, -0.2) is 18.1 Å². The summed E-state index contributed by atoms with van der Waals surface area (Å²) in [4.78, 5) is 10.2. The van der Waals surface area contributed by atoms with Gasteiger partial charge in [0.2, 0.25) is 16.0 Å². The summed E-state index contributed by atoms with van der Waals surface area (Å²) >= 11 is 1.53. The first-order valence-electron chi connectivity index (χ1n) is 6.16. The second-order valence-corrected chi connectivity index (χ2v) is 7.41. The van der Waals surface area contributed by atoms with Crippen LogP contribution in [0.2, 0.25) is 0 Å². The standard InChI is InChI=1S/C11H17N5O2S2/c1-3-14-20(17,18)5-4-13-9-8-6-7(2)19-10(8)16-11(12)15-9/h6,14H,3-5H2,1-2H3,(H3,12,13,15,16). The van der Waals surface area contributed by atoms with Crippen molar-refractivity contribution in [3.8, 4) is 0 Å². The third-order valence-electron chi connectivity index (χ3n) is 2.56. The second-order valence-electron chi connectivity index (χ2n) is 4.25. The average Bonchev–Trinajstić information content (AvgIpc) is 2.68. The Morgan fingerprint density at radius 2 is 2.15 bits per heavy atom. The number of nitrogen functional groups attached to an aromatic ring is 1. The molecule has 0 saturated carbocycles. The molecule has 2 aromatic rings. The number of nitrogens with one attached hydrogen (secondary N) is 2. The van der Waals surface area contributed by atoms with E-state index in [-0.39, 0.29) is 18.2 Å². The maximum Gasteiger partial charge on any atom is 0.223 e. The Labute approximate surface area is 121 Å². The van der Waals surface area contributed by atoms with Crippen LogP contribution in [0.1, 0.15) is 11.8 Å². The summed E-state index contributed by atoms with van der Waals surface area (Å²) in [5.74, 6) is 0.731. The molecule has 0 atom stereocenters. The van der Waals surface area contributed by atoms with Gasteiger partial charge in [0, 0.05) is 18.0 Å². The van der Waals surface area contributed by atoms with Crippen LogP contribution in [0, 0.1) is 6.92 Å². The number of nitrogens with two attached hydrogens (primary N) is 1. The van der Waals surface area contributed by atoms with E-state index in [4.69, 9.17) is 5.73 Å².